The van der Waals surface area contributed by atoms with Gasteiger partial charge in [-0.15, -0.1) is 0 Å². The number of carboxylic acids is 1. The molecule has 1 aromatic carbocycles. The molecule has 0 aliphatic rings. The quantitative estimate of drug-likeness (QED) is 0.939. The lowest BCUT2D eigenvalue weighted by Gasteiger charge is -2.08. The molecule has 0 spiro atoms. The zero-order valence-electron chi connectivity index (χ0n) is 10.4. The molecule has 0 bridgehead atoms. The summed E-state index contributed by atoms with van der Waals surface area (Å²) >= 11 is 0. The van der Waals surface area contributed by atoms with Crippen LogP contribution in [0.2, 0.25) is 0 Å². The summed E-state index contributed by atoms with van der Waals surface area (Å²) in [5.74, 6) is -1.27. The van der Waals surface area contributed by atoms with Crippen molar-refractivity contribution in [3.05, 3.63) is 53.5 Å². The number of aromatic carboxylic acids is 1. The second-order valence-electron chi connectivity index (χ2n) is 4.12. The Morgan fingerprint density at radius 3 is 2.57 bits per heavy atom. The number of halogens is 3. The number of furan rings is 1. The number of carbonyl (C=O) groups is 1. The van der Waals surface area contributed by atoms with E-state index in [1.54, 1.807) is 0 Å². The molecule has 1 atom stereocenters. The van der Waals surface area contributed by atoms with Gasteiger partial charge in [-0.05, 0) is 24.3 Å². The first-order chi connectivity index (χ1) is 9.77. The summed E-state index contributed by atoms with van der Waals surface area (Å²) in [7, 11) is -1.77. The summed E-state index contributed by atoms with van der Waals surface area (Å²) in [5, 5.41) is 8.71. The molecule has 112 valence electrons. The maximum absolute atomic E-state index is 12.6. The van der Waals surface area contributed by atoms with E-state index in [9.17, 15) is 22.2 Å². The molecule has 1 unspecified atom stereocenters. The van der Waals surface area contributed by atoms with Gasteiger partial charge in [-0.25, -0.2) is 4.79 Å². The number of hydrogen-bond acceptors (Lipinski definition) is 3. The average molecular weight is 318 g/mol. The number of alkyl halides is 3. The highest BCUT2D eigenvalue weighted by molar-refractivity contribution is 7.84. The Hall–Kier alpha value is -2.09. The molecular formula is C13H9F3O4S. The lowest BCUT2D eigenvalue weighted by atomic mass is 10.2. The molecule has 0 saturated carbocycles. The third kappa shape index (κ3) is 3.72. The number of carboxylic acid groups (broad SMARTS) is 1. The monoisotopic (exact) mass is 318 g/mol. The highest BCUT2D eigenvalue weighted by Gasteiger charge is 2.30. The molecule has 0 amide bonds. The molecule has 21 heavy (non-hydrogen) atoms. The molecule has 8 heteroatoms. The molecule has 4 nitrogen and oxygen atoms in total. The fourth-order valence-electron chi connectivity index (χ4n) is 1.60. The molecule has 1 N–H and O–H groups in total. The summed E-state index contributed by atoms with van der Waals surface area (Å²) < 4.78 is 54.6. The number of hydrogen-bond donors (Lipinski definition) is 1. The number of rotatable bonds is 4. The van der Waals surface area contributed by atoms with E-state index >= 15 is 0 Å². The van der Waals surface area contributed by atoms with Crippen LogP contribution >= 0.6 is 0 Å². The van der Waals surface area contributed by atoms with Gasteiger partial charge in [-0.1, -0.05) is 6.07 Å². The van der Waals surface area contributed by atoms with Crippen molar-refractivity contribution >= 4 is 16.8 Å². The van der Waals surface area contributed by atoms with E-state index in [2.05, 4.69) is 0 Å². The van der Waals surface area contributed by atoms with Crippen molar-refractivity contribution in [1.29, 1.82) is 0 Å². The number of benzene rings is 1. The van der Waals surface area contributed by atoms with Crippen LogP contribution in [-0.2, 0) is 22.7 Å². The zero-order chi connectivity index (χ0) is 15.6. The van der Waals surface area contributed by atoms with Gasteiger partial charge in [0, 0.05) is 4.90 Å². The molecule has 1 aromatic heterocycles. The standard InChI is InChI=1S/C13H9F3O4S/c14-13(15,16)9-2-1-3-11(5-9)21(19)7-10-4-8(6-20-10)12(17)18/h1-6H,7H2,(H,17,18). The SMILES string of the molecule is O=C(O)c1coc(CS(=O)c2cccc(C(F)(F)F)c2)c1. The van der Waals surface area contributed by atoms with E-state index in [0.29, 0.717) is 0 Å². The van der Waals surface area contributed by atoms with Crippen LogP contribution in [0.5, 0.6) is 0 Å². The van der Waals surface area contributed by atoms with Crippen molar-refractivity contribution in [1.82, 2.24) is 0 Å². The van der Waals surface area contributed by atoms with E-state index < -0.39 is 28.5 Å². The summed E-state index contributed by atoms with van der Waals surface area (Å²) in [6, 6.07) is 5.36. The highest BCUT2D eigenvalue weighted by Crippen LogP contribution is 2.30. The van der Waals surface area contributed by atoms with E-state index in [1.807, 2.05) is 0 Å². The first-order valence-electron chi connectivity index (χ1n) is 5.63. The summed E-state index contributed by atoms with van der Waals surface area (Å²) in [5.41, 5.74) is -0.995. The molecule has 0 aliphatic carbocycles. The van der Waals surface area contributed by atoms with Gasteiger partial charge in [0.2, 0.25) is 0 Å². The molecule has 0 aliphatic heterocycles. The Balaban J connectivity index is 2.18. The van der Waals surface area contributed by atoms with E-state index in [0.717, 1.165) is 18.4 Å². The highest BCUT2D eigenvalue weighted by atomic mass is 32.2. The Kier molecular flexibility index (Phi) is 4.17. The maximum atomic E-state index is 12.6. The molecule has 1 heterocycles. The first-order valence-corrected chi connectivity index (χ1v) is 6.95. The van der Waals surface area contributed by atoms with Crippen LogP contribution in [-0.4, -0.2) is 15.3 Å². The van der Waals surface area contributed by atoms with Gasteiger partial charge in [0.1, 0.15) is 12.0 Å². The molecular weight excluding hydrogens is 309 g/mol. The molecule has 0 saturated heterocycles. The molecule has 0 radical (unpaired) electrons. The molecule has 2 aromatic rings. The topological polar surface area (TPSA) is 67.5 Å². The minimum atomic E-state index is -4.51. The van der Waals surface area contributed by atoms with Gasteiger partial charge in [0.25, 0.3) is 0 Å². The fourth-order valence-corrected chi connectivity index (χ4v) is 2.66. The summed E-state index contributed by atoms with van der Waals surface area (Å²) in [4.78, 5) is 10.7. The molecule has 0 fully saturated rings. The smallest absolute Gasteiger partial charge is 0.416 e. The summed E-state index contributed by atoms with van der Waals surface area (Å²) in [6.07, 6.45) is -3.53. The Bertz CT molecular complexity index is 691. The van der Waals surface area contributed by atoms with Gasteiger partial charge >= 0.3 is 12.1 Å². The summed E-state index contributed by atoms with van der Waals surface area (Å²) in [6.45, 7) is 0. The minimum Gasteiger partial charge on any atom is -0.478 e. The Morgan fingerprint density at radius 2 is 2.00 bits per heavy atom. The third-order valence-corrected chi connectivity index (χ3v) is 3.92. The zero-order valence-corrected chi connectivity index (χ0v) is 11.2. The van der Waals surface area contributed by atoms with Crippen molar-refractivity contribution in [2.45, 2.75) is 16.8 Å². The van der Waals surface area contributed by atoms with Crippen molar-refractivity contribution in [3.8, 4) is 0 Å². The van der Waals surface area contributed by atoms with Crippen LogP contribution in [0.25, 0.3) is 0 Å². The first kappa shape index (κ1) is 15.3. The van der Waals surface area contributed by atoms with Crippen LogP contribution < -0.4 is 0 Å². The van der Waals surface area contributed by atoms with Crippen molar-refractivity contribution in [2.75, 3.05) is 0 Å². The third-order valence-electron chi connectivity index (χ3n) is 2.60. The Labute approximate surface area is 119 Å². The second-order valence-corrected chi connectivity index (χ2v) is 5.57. The second kappa shape index (κ2) is 5.72. The fraction of sp³-hybridized carbons (Fsp3) is 0.154. The normalized spacial score (nSPS) is 13.1. The predicted molar refractivity (Wildman–Crippen MR) is 67.2 cm³/mol. The van der Waals surface area contributed by atoms with Crippen LogP contribution in [0.3, 0.4) is 0 Å². The van der Waals surface area contributed by atoms with Gasteiger partial charge in [-0.2, -0.15) is 13.2 Å². The average Bonchev–Trinajstić information content (AvgIpc) is 2.86. The lowest BCUT2D eigenvalue weighted by molar-refractivity contribution is -0.137. The van der Waals surface area contributed by atoms with Crippen molar-refractivity contribution in [3.63, 3.8) is 0 Å². The van der Waals surface area contributed by atoms with Gasteiger partial charge in [0.05, 0.1) is 27.7 Å². The van der Waals surface area contributed by atoms with E-state index in [4.69, 9.17) is 9.52 Å². The van der Waals surface area contributed by atoms with Crippen LogP contribution in [0.1, 0.15) is 21.7 Å². The van der Waals surface area contributed by atoms with E-state index in [-0.39, 0.29) is 22.0 Å². The largest absolute Gasteiger partial charge is 0.478 e. The van der Waals surface area contributed by atoms with Crippen molar-refractivity contribution < 1.29 is 31.7 Å². The molecule has 2 rings (SSSR count). The minimum absolute atomic E-state index is 0.00176. The predicted octanol–water partition coefficient (Wildman–Crippen LogP) is 3.30. The lowest BCUT2D eigenvalue weighted by Crippen LogP contribution is -2.06. The van der Waals surface area contributed by atoms with Gasteiger partial charge < -0.3 is 9.52 Å². The van der Waals surface area contributed by atoms with Crippen molar-refractivity contribution in [2.24, 2.45) is 0 Å². The van der Waals surface area contributed by atoms with Gasteiger partial charge in [-0.3, -0.25) is 4.21 Å². The van der Waals surface area contributed by atoms with Crippen LogP contribution in [0.15, 0.2) is 45.9 Å². The maximum Gasteiger partial charge on any atom is 0.416 e. The van der Waals surface area contributed by atoms with E-state index in [1.165, 1.54) is 18.2 Å². The van der Waals surface area contributed by atoms with Gasteiger partial charge in [0.15, 0.2) is 0 Å². The Morgan fingerprint density at radius 1 is 1.29 bits per heavy atom. The van der Waals surface area contributed by atoms with Crippen LogP contribution in [0.4, 0.5) is 13.2 Å². The van der Waals surface area contributed by atoms with Crippen LogP contribution in [0, 0.1) is 0 Å².